The van der Waals surface area contributed by atoms with Crippen LogP contribution in [0, 0.1) is 0 Å². The van der Waals surface area contributed by atoms with Gasteiger partial charge >= 0.3 is 0 Å². The topological polar surface area (TPSA) is 30.5 Å². The summed E-state index contributed by atoms with van der Waals surface area (Å²) in [6, 6.07) is 0. The maximum Gasteiger partial charge on any atom is 0.188 e. The van der Waals surface area contributed by atoms with Crippen molar-refractivity contribution in [3.8, 4) is 0 Å². The van der Waals surface area contributed by atoms with E-state index < -0.39 is 0 Å². The van der Waals surface area contributed by atoms with Gasteiger partial charge in [0.05, 0.1) is 5.70 Å². The fourth-order valence-electron chi connectivity index (χ4n) is 0.955. The fourth-order valence-corrected chi connectivity index (χ4v) is 0.955. The van der Waals surface area contributed by atoms with Crippen LogP contribution in [0.4, 0.5) is 0 Å². The molecule has 0 aromatic rings. The number of rotatable bonds is 7. The van der Waals surface area contributed by atoms with Crippen molar-refractivity contribution < 1.29 is 9.47 Å². The predicted molar refractivity (Wildman–Crippen MR) is 58.8 cm³/mol. The lowest BCUT2D eigenvalue weighted by Crippen LogP contribution is -2.14. The monoisotopic (exact) mass is 199 g/mol. The lowest BCUT2D eigenvalue weighted by molar-refractivity contribution is 0.00852. The molecule has 82 valence electrons. The standard InChI is InChI=1S/C11H21NO2/c1-5-7-11(14-9-13-4)10(3)12-8-6-2/h5,7,12H,6,8-9H2,1-4H3/b7-5-,11-10-. The second-order valence-corrected chi connectivity index (χ2v) is 2.97. The third kappa shape index (κ3) is 5.65. The van der Waals surface area contributed by atoms with Gasteiger partial charge in [-0.15, -0.1) is 0 Å². The van der Waals surface area contributed by atoms with Crippen LogP contribution in [0.3, 0.4) is 0 Å². The summed E-state index contributed by atoms with van der Waals surface area (Å²) in [6.45, 7) is 7.34. The van der Waals surface area contributed by atoms with Crippen molar-refractivity contribution in [3.05, 3.63) is 23.6 Å². The normalized spacial score (nSPS) is 12.9. The minimum absolute atomic E-state index is 0.283. The van der Waals surface area contributed by atoms with Crippen LogP contribution < -0.4 is 5.32 Å². The van der Waals surface area contributed by atoms with E-state index in [1.165, 1.54) is 0 Å². The molecule has 0 heterocycles. The number of nitrogens with one attached hydrogen (secondary N) is 1. The van der Waals surface area contributed by atoms with Crippen molar-refractivity contribution in [2.45, 2.75) is 27.2 Å². The lowest BCUT2D eigenvalue weighted by atomic mass is 10.3. The van der Waals surface area contributed by atoms with Gasteiger partial charge in [0, 0.05) is 13.7 Å². The van der Waals surface area contributed by atoms with Crippen LogP contribution in [0.15, 0.2) is 23.6 Å². The molecule has 0 aromatic heterocycles. The van der Waals surface area contributed by atoms with Gasteiger partial charge in [0.2, 0.25) is 0 Å². The van der Waals surface area contributed by atoms with Gasteiger partial charge in [-0.3, -0.25) is 0 Å². The molecule has 0 radical (unpaired) electrons. The molecule has 3 nitrogen and oxygen atoms in total. The maximum atomic E-state index is 5.40. The van der Waals surface area contributed by atoms with Crippen LogP contribution in [-0.2, 0) is 9.47 Å². The third-order valence-corrected chi connectivity index (χ3v) is 1.66. The summed E-state index contributed by atoms with van der Waals surface area (Å²) < 4.78 is 10.3. The van der Waals surface area contributed by atoms with E-state index >= 15 is 0 Å². The molecule has 0 atom stereocenters. The highest BCUT2D eigenvalue weighted by molar-refractivity contribution is 5.17. The molecule has 3 heteroatoms. The number of ether oxygens (including phenoxy) is 2. The first-order valence-corrected chi connectivity index (χ1v) is 4.95. The second kappa shape index (κ2) is 8.63. The Bertz CT molecular complexity index is 197. The summed E-state index contributed by atoms with van der Waals surface area (Å²) in [5.74, 6) is 0.836. The maximum absolute atomic E-state index is 5.40. The molecule has 0 rings (SSSR count). The van der Waals surface area contributed by atoms with Gasteiger partial charge < -0.3 is 14.8 Å². The van der Waals surface area contributed by atoms with Crippen molar-refractivity contribution in [2.24, 2.45) is 0 Å². The van der Waals surface area contributed by atoms with Gasteiger partial charge in [-0.1, -0.05) is 13.0 Å². The molecular weight excluding hydrogens is 178 g/mol. The molecule has 0 aliphatic rings. The highest BCUT2D eigenvalue weighted by atomic mass is 16.7. The summed E-state index contributed by atoms with van der Waals surface area (Å²) in [5, 5.41) is 3.27. The Balaban J connectivity index is 4.25. The molecule has 0 aliphatic carbocycles. The van der Waals surface area contributed by atoms with E-state index in [-0.39, 0.29) is 6.79 Å². The van der Waals surface area contributed by atoms with Crippen LogP contribution in [0.5, 0.6) is 0 Å². The van der Waals surface area contributed by atoms with E-state index in [1.807, 2.05) is 26.0 Å². The minimum Gasteiger partial charge on any atom is -0.466 e. The van der Waals surface area contributed by atoms with Crippen molar-refractivity contribution in [2.75, 3.05) is 20.4 Å². The largest absolute Gasteiger partial charge is 0.466 e. The molecule has 0 fully saturated rings. The number of methoxy groups -OCH3 is 1. The predicted octanol–water partition coefficient (Wildman–Crippen LogP) is 2.41. The zero-order valence-electron chi connectivity index (χ0n) is 9.59. The molecule has 0 aliphatic heterocycles. The third-order valence-electron chi connectivity index (χ3n) is 1.66. The molecule has 0 bridgehead atoms. The van der Waals surface area contributed by atoms with Gasteiger partial charge in [0.25, 0.3) is 0 Å². The van der Waals surface area contributed by atoms with E-state index in [0.717, 1.165) is 24.4 Å². The number of allylic oxidation sites excluding steroid dienone is 3. The molecule has 1 N–H and O–H groups in total. The molecular formula is C11H21NO2. The quantitative estimate of drug-likeness (QED) is 0.388. The lowest BCUT2D eigenvalue weighted by Gasteiger charge is -2.11. The molecule has 0 saturated carbocycles. The molecule has 14 heavy (non-hydrogen) atoms. The Labute approximate surface area is 86.8 Å². The molecule has 0 spiro atoms. The Morgan fingerprint density at radius 2 is 2.14 bits per heavy atom. The van der Waals surface area contributed by atoms with E-state index in [0.29, 0.717) is 0 Å². The smallest absolute Gasteiger partial charge is 0.188 e. The van der Waals surface area contributed by atoms with Gasteiger partial charge in [-0.05, 0) is 26.3 Å². The van der Waals surface area contributed by atoms with Gasteiger partial charge in [0.15, 0.2) is 6.79 Å². The van der Waals surface area contributed by atoms with Crippen molar-refractivity contribution >= 4 is 0 Å². The summed E-state index contributed by atoms with van der Waals surface area (Å²) in [5.41, 5.74) is 1.04. The van der Waals surface area contributed by atoms with Gasteiger partial charge in [-0.2, -0.15) is 0 Å². The molecule has 0 aromatic carbocycles. The van der Waals surface area contributed by atoms with Crippen LogP contribution >= 0.6 is 0 Å². The average Bonchev–Trinajstić information content (AvgIpc) is 2.20. The van der Waals surface area contributed by atoms with Crippen LogP contribution in [-0.4, -0.2) is 20.4 Å². The highest BCUT2D eigenvalue weighted by Crippen LogP contribution is 2.05. The Hall–Kier alpha value is -0.960. The first-order chi connectivity index (χ1) is 6.76. The summed E-state index contributed by atoms with van der Waals surface area (Å²) >= 11 is 0. The van der Waals surface area contributed by atoms with E-state index in [1.54, 1.807) is 7.11 Å². The molecule has 0 amide bonds. The summed E-state index contributed by atoms with van der Waals surface area (Å²) in [4.78, 5) is 0. The van der Waals surface area contributed by atoms with Crippen LogP contribution in [0.2, 0.25) is 0 Å². The molecule has 0 unspecified atom stereocenters. The Morgan fingerprint density at radius 3 is 2.64 bits per heavy atom. The first-order valence-electron chi connectivity index (χ1n) is 4.95. The van der Waals surface area contributed by atoms with Gasteiger partial charge in [-0.25, -0.2) is 0 Å². The fraction of sp³-hybridized carbons (Fsp3) is 0.636. The molecule has 0 saturated heterocycles. The van der Waals surface area contributed by atoms with Crippen molar-refractivity contribution in [1.29, 1.82) is 0 Å². The zero-order valence-corrected chi connectivity index (χ0v) is 9.59. The van der Waals surface area contributed by atoms with Crippen molar-refractivity contribution in [1.82, 2.24) is 5.32 Å². The SMILES string of the molecule is C/C=C\C(OCOC)=C(/C)NCCC. The number of hydrogen-bond donors (Lipinski definition) is 1. The Kier molecular flexibility index (Phi) is 8.04. The van der Waals surface area contributed by atoms with E-state index in [2.05, 4.69) is 12.2 Å². The van der Waals surface area contributed by atoms with E-state index in [9.17, 15) is 0 Å². The summed E-state index contributed by atoms with van der Waals surface area (Å²) in [6.07, 6.45) is 4.98. The Morgan fingerprint density at radius 1 is 1.43 bits per heavy atom. The van der Waals surface area contributed by atoms with Crippen molar-refractivity contribution in [3.63, 3.8) is 0 Å². The van der Waals surface area contributed by atoms with Crippen LogP contribution in [0.1, 0.15) is 27.2 Å². The van der Waals surface area contributed by atoms with Crippen LogP contribution in [0.25, 0.3) is 0 Å². The average molecular weight is 199 g/mol. The van der Waals surface area contributed by atoms with Gasteiger partial charge in [0.1, 0.15) is 5.76 Å². The minimum atomic E-state index is 0.283. The summed E-state index contributed by atoms with van der Waals surface area (Å²) in [7, 11) is 1.61. The second-order valence-electron chi connectivity index (χ2n) is 2.97. The number of hydrogen-bond acceptors (Lipinski definition) is 3. The first kappa shape index (κ1) is 13.0. The van der Waals surface area contributed by atoms with E-state index in [4.69, 9.17) is 9.47 Å². The zero-order chi connectivity index (χ0) is 10.8. The highest BCUT2D eigenvalue weighted by Gasteiger charge is 1.98.